The first kappa shape index (κ1) is 13.2. The highest BCUT2D eigenvalue weighted by Gasteiger charge is 2.08. The van der Waals surface area contributed by atoms with Crippen LogP contribution in [0.5, 0.6) is 0 Å². The van der Waals surface area contributed by atoms with Gasteiger partial charge in [0.2, 0.25) is 0 Å². The van der Waals surface area contributed by atoms with Gasteiger partial charge in [0, 0.05) is 4.90 Å². The largest absolute Gasteiger partial charge is 0.431 e. The molecule has 0 aliphatic carbocycles. The molecule has 3 aromatic rings. The fourth-order valence-corrected chi connectivity index (χ4v) is 2.74. The topological polar surface area (TPSA) is 46.3 Å². The van der Waals surface area contributed by atoms with Crippen LogP contribution in [0.15, 0.2) is 63.1 Å². The highest BCUT2D eigenvalue weighted by atomic mass is 32.2. The molecule has 4 heteroatoms. The van der Waals surface area contributed by atoms with Crippen molar-refractivity contribution in [2.24, 2.45) is 0 Å². The third-order valence-electron chi connectivity index (χ3n) is 3.13. The number of rotatable bonds is 4. The van der Waals surface area contributed by atoms with Crippen molar-refractivity contribution in [2.75, 3.05) is 0 Å². The van der Waals surface area contributed by atoms with Crippen molar-refractivity contribution in [3.63, 3.8) is 0 Å². The second-order valence-electron chi connectivity index (χ2n) is 4.54. The van der Waals surface area contributed by atoms with E-state index >= 15 is 0 Å². The van der Waals surface area contributed by atoms with E-state index in [9.17, 15) is 5.11 Å². The Hall–Kier alpha value is -1.78. The molecule has 102 valence electrons. The van der Waals surface area contributed by atoms with Crippen molar-refractivity contribution in [1.29, 1.82) is 0 Å². The minimum absolute atomic E-state index is 0.390. The molecule has 0 aliphatic heterocycles. The Kier molecular flexibility index (Phi) is 3.76. The molecule has 1 atom stereocenters. The Morgan fingerprint density at radius 2 is 1.90 bits per heavy atom. The maximum atomic E-state index is 9.77. The molecule has 0 bridgehead atoms. The van der Waals surface area contributed by atoms with Crippen molar-refractivity contribution in [3.8, 4) is 0 Å². The molecule has 3 rings (SSSR count). The molecule has 20 heavy (non-hydrogen) atoms. The Morgan fingerprint density at radius 3 is 2.60 bits per heavy atom. The van der Waals surface area contributed by atoms with E-state index in [0.29, 0.717) is 5.22 Å². The lowest BCUT2D eigenvalue weighted by molar-refractivity contribution is 0.173. The number of hydrogen-bond acceptors (Lipinski definition) is 4. The predicted octanol–water partition coefficient (Wildman–Crippen LogP) is 4.42. The van der Waals surface area contributed by atoms with E-state index in [-0.39, 0.29) is 0 Å². The zero-order valence-electron chi connectivity index (χ0n) is 11.1. The van der Waals surface area contributed by atoms with Gasteiger partial charge in [-0.25, -0.2) is 4.98 Å². The number of aliphatic hydroxyl groups is 1. The van der Waals surface area contributed by atoms with Gasteiger partial charge in [-0.3, -0.25) is 0 Å². The smallest absolute Gasteiger partial charge is 0.261 e. The summed E-state index contributed by atoms with van der Waals surface area (Å²) in [5.41, 5.74) is 2.61. The van der Waals surface area contributed by atoms with Crippen LogP contribution in [0.2, 0.25) is 0 Å². The van der Waals surface area contributed by atoms with Crippen LogP contribution in [0.1, 0.15) is 25.0 Å². The Labute approximate surface area is 121 Å². The molecule has 0 saturated heterocycles. The van der Waals surface area contributed by atoms with E-state index in [1.54, 1.807) is 0 Å². The van der Waals surface area contributed by atoms with Crippen LogP contribution in [0, 0.1) is 0 Å². The van der Waals surface area contributed by atoms with E-state index in [1.165, 1.54) is 11.8 Å². The third-order valence-corrected chi connectivity index (χ3v) is 3.99. The van der Waals surface area contributed by atoms with Gasteiger partial charge in [0.1, 0.15) is 5.52 Å². The first-order valence-corrected chi connectivity index (χ1v) is 7.39. The summed E-state index contributed by atoms with van der Waals surface area (Å²) in [6, 6.07) is 15.6. The van der Waals surface area contributed by atoms with Gasteiger partial charge >= 0.3 is 0 Å². The van der Waals surface area contributed by atoms with Gasteiger partial charge < -0.3 is 9.52 Å². The second kappa shape index (κ2) is 5.69. The molecular weight excluding hydrogens is 270 g/mol. The summed E-state index contributed by atoms with van der Waals surface area (Å²) in [7, 11) is 0. The van der Waals surface area contributed by atoms with Crippen molar-refractivity contribution >= 4 is 22.9 Å². The molecule has 0 spiro atoms. The molecule has 2 aromatic carbocycles. The zero-order chi connectivity index (χ0) is 13.9. The molecule has 0 fully saturated rings. The Balaban J connectivity index is 1.80. The molecule has 0 radical (unpaired) electrons. The molecule has 1 aromatic heterocycles. The third kappa shape index (κ3) is 2.71. The van der Waals surface area contributed by atoms with Gasteiger partial charge in [-0.1, -0.05) is 31.2 Å². The summed E-state index contributed by atoms with van der Waals surface area (Å²) in [5.74, 6) is 0. The molecule has 0 saturated carbocycles. The Morgan fingerprint density at radius 1 is 1.15 bits per heavy atom. The number of fused-ring (bicyclic) bond motifs is 1. The van der Waals surface area contributed by atoms with Crippen LogP contribution in [0.4, 0.5) is 0 Å². The van der Waals surface area contributed by atoms with Gasteiger partial charge in [0.05, 0.1) is 6.10 Å². The van der Waals surface area contributed by atoms with Crippen molar-refractivity contribution < 1.29 is 9.52 Å². The maximum absolute atomic E-state index is 9.77. The zero-order valence-corrected chi connectivity index (χ0v) is 11.9. The van der Waals surface area contributed by atoms with Crippen molar-refractivity contribution in [3.05, 3.63) is 54.1 Å². The van der Waals surface area contributed by atoms with E-state index in [1.807, 2.05) is 55.5 Å². The number of aromatic nitrogens is 1. The minimum Gasteiger partial charge on any atom is -0.431 e. The molecule has 1 heterocycles. The molecule has 0 aliphatic rings. The van der Waals surface area contributed by atoms with E-state index < -0.39 is 6.10 Å². The van der Waals surface area contributed by atoms with Crippen LogP contribution in [0.3, 0.4) is 0 Å². The number of hydrogen-bond donors (Lipinski definition) is 1. The van der Waals surface area contributed by atoms with Gasteiger partial charge in [0.25, 0.3) is 5.22 Å². The van der Waals surface area contributed by atoms with Gasteiger partial charge in [-0.2, -0.15) is 0 Å². The van der Waals surface area contributed by atoms with Gasteiger partial charge in [0.15, 0.2) is 5.58 Å². The van der Waals surface area contributed by atoms with Crippen molar-refractivity contribution in [1.82, 2.24) is 4.98 Å². The number of para-hydroxylation sites is 2. The minimum atomic E-state index is -0.390. The SMILES string of the molecule is CC[C@H](O)c1ccc(Sc2nc3ccccc3o2)cc1. The monoisotopic (exact) mass is 285 g/mol. The lowest BCUT2D eigenvalue weighted by Crippen LogP contribution is -1.93. The molecular formula is C16H15NO2S. The van der Waals surface area contributed by atoms with Crippen molar-refractivity contribution in [2.45, 2.75) is 29.6 Å². The fraction of sp³-hybridized carbons (Fsp3) is 0.188. The first-order valence-electron chi connectivity index (χ1n) is 6.57. The number of benzene rings is 2. The number of nitrogens with zero attached hydrogens (tertiary/aromatic N) is 1. The van der Waals surface area contributed by atoms with Crippen LogP contribution in [-0.2, 0) is 0 Å². The highest BCUT2D eigenvalue weighted by molar-refractivity contribution is 7.99. The molecule has 0 amide bonds. The normalized spacial score (nSPS) is 12.7. The molecule has 1 N–H and O–H groups in total. The van der Waals surface area contributed by atoms with Crippen LogP contribution in [0.25, 0.3) is 11.1 Å². The average molecular weight is 285 g/mol. The van der Waals surface area contributed by atoms with Crippen LogP contribution >= 0.6 is 11.8 Å². The predicted molar refractivity (Wildman–Crippen MR) is 79.8 cm³/mol. The second-order valence-corrected chi connectivity index (χ2v) is 5.57. The first-order chi connectivity index (χ1) is 9.76. The molecule has 0 unspecified atom stereocenters. The number of aliphatic hydroxyl groups excluding tert-OH is 1. The summed E-state index contributed by atoms with van der Waals surface area (Å²) in [5, 5.41) is 10.4. The summed E-state index contributed by atoms with van der Waals surface area (Å²) in [4.78, 5) is 5.47. The van der Waals surface area contributed by atoms with Gasteiger partial charge in [-0.05, 0) is 48.0 Å². The summed E-state index contributed by atoms with van der Waals surface area (Å²) in [6.07, 6.45) is 0.329. The lowest BCUT2D eigenvalue weighted by Gasteiger charge is -2.07. The summed E-state index contributed by atoms with van der Waals surface area (Å²) >= 11 is 1.48. The quantitative estimate of drug-likeness (QED) is 0.770. The van der Waals surface area contributed by atoms with Crippen LogP contribution < -0.4 is 0 Å². The van der Waals surface area contributed by atoms with E-state index in [4.69, 9.17) is 4.42 Å². The summed E-state index contributed by atoms with van der Waals surface area (Å²) in [6.45, 7) is 1.96. The van der Waals surface area contributed by atoms with E-state index in [0.717, 1.165) is 28.0 Å². The van der Waals surface area contributed by atoms with E-state index in [2.05, 4.69) is 4.98 Å². The molecule has 3 nitrogen and oxygen atoms in total. The summed E-state index contributed by atoms with van der Waals surface area (Å²) < 4.78 is 5.67. The number of oxazole rings is 1. The Bertz CT molecular complexity index is 673. The maximum Gasteiger partial charge on any atom is 0.261 e. The highest BCUT2D eigenvalue weighted by Crippen LogP contribution is 2.30. The average Bonchev–Trinajstić information content (AvgIpc) is 2.89. The fourth-order valence-electron chi connectivity index (χ4n) is 1.99. The van der Waals surface area contributed by atoms with Gasteiger partial charge in [-0.15, -0.1) is 0 Å². The lowest BCUT2D eigenvalue weighted by atomic mass is 10.1. The standard InChI is InChI=1S/C16H15NO2S/c1-2-14(18)11-7-9-12(10-8-11)20-16-17-13-5-3-4-6-15(13)19-16/h3-10,14,18H,2H2,1H3/t14-/m0/s1. The van der Waals surface area contributed by atoms with Crippen LogP contribution in [-0.4, -0.2) is 10.1 Å².